The second kappa shape index (κ2) is 5.13. The lowest BCUT2D eigenvalue weighted by molar-refractivity contribution is 0.102. The summed E-state index contributed by atoms with van der Waals surface area (Å²) in [7, 11) is 0. The van der Waals surface area contributed by atoms with Gasteiger partial charge < -0.3 is 0 Å². The molecule has 100 valence electrons. The van der Waals surface area contributed by atoms with Crippen molar-refractivity contribution >= 4 is 17.4 Å². The normalized spacial score (nSPS) is 11.1. The van der Waals surface area contributed by atoms with E-state index in [4.69, 9.17) is 11.6 Å². The molecule has 1 aromatic heterocycles. The van der Waals surface area contributed by atoms with Gasteiger partial charge in [0.15, 0.2) is 0 Å². The van der Waals surface area contributed by atoms with E-state index in [1.165, 1.54) is 24.4 Å². The maximum absolute atomic E-state index is 13.2. The molecule has 0 aliphatic heterocycles. The molecule has 0 amide bonds. The van der Waals surface area contributed by atoms with E-state index in [0.29, 0.717) is 21.8 Å². The molecular weight excluding hydrogens is 267 g/mol. The van der Waals surface area contributed by atoms with Crippen molar-refractivity contribution in [2.45, 2.75) is 26.8 Å². The molecule has 0 spiro atoms. The quantitative estimate of drug-likeness (QED) is 0.802. The van der Waals surface area contributed by atoms with Crippen LogP contribution in [0.1, 0.15) is 41.5 Å². The van der Waals surface area contributed by atoms with Gasteiger partial charge in [-0.3, -0.25) is 9.48 Å². The van der Waals surface area contributed by atoms with Crippen LogP contribution in [0.5, 0.6) is 0 Å². The van der Waals surface area contributed by atoms with Gasteiger partial charge in [-0.1, -0.05) is 11.6 Å². The Balaban J connectivity index is 2.49. The van der Waals surface area contributed by atoms with Crippen LogP contribution in [0.4, 0.5) is 4.39 Å². The number of halogens is 2. The Labute approximate surface area is 116 Å². The lowest BCUT2D eigenvalue weighted by Crippen LogP contribution is -2.14. The first kappa shape index (κ1) is 13.7. The summed E-state index contributed by atoms with van der Waals surface area (Å²) in [5, 5.41) is 4.40. The van der Waals surface area contributed by atoms with Crippen LogP contribution in [0.25, 0.3) is 0 Å². The van der Waals surface area contributed by atoms with Crippen molar-refractivity contribution in [3.8, 4) is 0 Å². The third-order valence-corrected chi connectivity index (χ3v) is 3.15. The number of carbonyl (C=O) groups is 1. The van der Waals surface area contributed by atoms with Gasteiger partial charge in [0.05, 0.1) is 11.2 Å². The fourth-order valence-corrected chi connectivity index (χ4v) is 2.08. The Morgan fingerprint density at radius 1 is 1.42 bits per heavy atom. The molecule has 0 saturated heterocycles. The minimum atomic E-state index is -0.333. The maximum Gasteiger partial charge on any atom is 0.212 e. The number of benzene rings is 1. The molecule has 2 rings (SSSR count). The predicted octanol–water partition coefficient (Wildman–Crippen LogP) is 3.80. The molecule has 0 bridgehead atoms. The molecule has 2 aromatic rings. The molecule has 0 N–H and O–H groups in total. The molecule has 0 unspecified atom stereocenters. The first-order chi connectivity index (χ1) is 8.91. The Kier molecular flexibility index (Phi) is 3.71. The lowest BCUT2D eigenvalue weighted by atomic mass is 10.1. The highest BCUT2D eigenvalue weighted by Gasteiger charge is 2.21. The number of rotatable bonds is 3. The van der Waals surface area contributed by atoms with Gasteiger partial charge in [-0.2, -0.15) is 5.10 Å². The third-order valence-electron chi connectivity index (χ3n) is 2.88. The minimum absolute atomic E-state index is 0.0213. The van der Waals surface area contributed by atoms with E-state index in [-0.39, 0.29) is 17.6 Å². The summed E-state index contributed by atoms with van der Waals surface area (Å²) in [5.74, 6) is -0.584. The van der Waals surface area contributed by atoms with Gasteiger partial charge in [-0.05, 0) is 44.5 Å². The topological polar surface area (TPSA) is 34.9 Å². The van der Waals surface area contributed by atoms with Gasteiger partial charge >= 0.3 is 0 Å². The number of nitrogens with zero attached hydrogens (tertiary/aromatic N) is 2. The van der Waals surface area contributed by atoms with Crippen molar-refractivity contribution in [2.75, 3.05) is 0 Å². The Bertz CT molecular complexity index is 634. The van der Waals surface area contributed by atoms with E-state index in [1.807, 2.05) is 13.8 Å². The van der Waals surface area contributed by atoms with Crippen LogP contribution in [-0.2, 0) is 0 Å². The van der Waals surface area contributed by atoms with Crippen molar-refractivity contribution in [1.29, 1.82) is 0 Å². The van der Waals surface area contributed by atoms with Crippen LogP contribution in [0.3, 0.4) is 0 Å². The second-order valence-electron chi connectivity index (χ2n) is 4.67. The zero-order chi connectivity index (χ0) is 14.2. The number of hydrogen-bond acceptors (Lipinski definition) is 2. The monoisotopic (exact) mass is 280 g/mol. The van der Waals surface area contributed by atoms with Gasteiger partial charge in [0.25, 0.3) is 0 Å². The van der Waals surface area contributed by atoms with Gasteiger partial charge in [0, 0.05) is 11.6 Å². The smallest absolute Gasteiger partial charge is 0.212 e. The Morgan fingerprint density at radius 3 is 2.68 bits per heavy atom. The van der Waals surface area contributed by atoms with E-state index in [2.05, 4.69) is 5.10 Å². The van der Waals surface area contributed by atoms with Crippen molar-refractivity contribution in [3.63, 3.8) is 0 Å². The summed E-state index contributed by atoms with van der Waals surface area (Å²) >= 11 is 6.03. The van der Waals surface area contributed by atoms with Crippen LogP contribution >= 0.6 is 11.6 Å². The second-order valence-corrected chi connectivity index (χ2v) is 5.08. The summed E-state index contributed by atoms with van der Waals surface area (Å²) < 4.78 is 14.8. The van der Waals surface area contributed by atoms with E-state index < -0.39 is 0 Å². The van der Waals surface area contributed by atoms with Crippen molar-refractivity contribution in [3.05, 3.63) is 52.1 Å². The van der Waals surface area contributed by atoms with E-state index >= 15 is 0 Å². The summed E-state index contributed by atoms with van der Waals surface area (Å²) in [6.45, 7) is 5.44. The fourth-order valence-electron chi connectivity index (χ4n) is 1.87. The maximum atomic E-state index is 13.2. The van der Waals surface area contributed by atoms with Gasteiger partial charge in [0.2, 0.25) is 5.78 Å². The van der Waals surface area contributed by atoms with Crippen molar-refractivity contribution < 1.29 is 9.18 Å². The van der Waals surface area contributed by atoms with Crippen LogP contribution in [-0.4, -0.2) is 15.6 Å². The van der Waals surface area contributed by atoms with Crippen LogP contribution < -0.4 is 0 Å². The number of ketones is 1. The first-order valence-electron chi connectivity index (χ1n) is 5.95. The minimum Gasteiger partial charge on any atom is -0.287 e. The van der Waals surface area contributed by atoms with Crippen molar-refractivity contribution in [1.82, 2.24) is 9.78 Å². The molecule has 1 heterocycles. The number of carbonyl (C=O) groups excluding carboxylic acids is 1. The molecule has 0 atom stereocenters. The fraction of sp³-hybridized carbons (Fsp3) is 0.286. The SMILES string of the molecule is Cc1cc(C(=O)c2c(Cl)cnn2C(C)C)ccc1F. The molecule has 19 heavy (non-hydrogen) atoms. The number of aryl methyl sites for hydroxylation is 1. The standard InChI is InChI=1S/C14H14ClFN2O/c1-8(2)18-13(11(15)7-17-18)14(19)10-4-5-12(16)9(3)6-10/h4-8H,1-3H3. The summed E-state index contributed by atoms with van der Waals surface area (Å²) in [5.41, 5.74) is 1.17. The molecule has 0 fully saturated rings. The molecule has 0 aliphatic carbocycles. The van der Waals surface area contributed by atoms with E-state index in [9.17, 15) is 9.18 Å². The molecule has 3 nitrogen and oxygen atoms in total. The first-order valence-corrected chi connectivity index (χ1v) is 6.33. The highest BCUT2D eigenvalue weighted by atomic mass is 35.5. The largest absolute Gasteiger partial charge is 0.287 e. The van der Waals surface area contributed by atoms with Gasteiger partial charge in [-0.15, -0.1) is 0 Å². The molecule has 0 aliphatic rings. The average Bonchev–Trinajstić information content (AvgIpc) is 2.74. The van der Waals surface area contributed by atoms with Crippen LogP contribution in [0, 0.1) is 12.7 Å². The molecule has 5 heteroatoms. The molecule has 1 aromatic carbocycles. The highest BCUT2D eigenvalue weighted by molar-refractivity contribution is 6.34. The summed E-state index contributed by atoms with van der Waals surface area (Å²) in [4.78, 5) is 12.4. The third kappa shape index (κ3) is 2.54. The van der Waals surface area contributed by atoms with Crippen molar-refractivity contribution in [2.24, 2.45) is 0 Å². The van der Waals surface area contributed by atoms with E-state index in [1.54, 1.807) is 11.6 Å². The molecule has 0 radical (unpaired) electrons. The zero-order valence-electron chi connectivity index (χ0n) is 10.9. The molecule has 0 saturated carbocycles. The van der Waals surface area contributed by atoms with Crippen LogP contribution in [0.2, 0.25) is 5.02 Å². The van der Waals surface area contributed by atoms with Crippen LogP contribution in [0.15, 0.2) is 24.4 Å². The zero-order valence-corrected chi connectivity index (χ0v) is 11.7. The number of aromatic nitrogens is 2. The van der Waals surface area contributed by atoms with Gasteiger partial charge in [0.1, 0.15) is 11.5 Å². The van der Waals surface area contributed by atoms with E-state index in [0.717, 1.165) is 0 Å². The average molecular weight is 281 g/mol. The number of hydrogen-bond donors (Lipinski definition) is 0. The lowest BCUT2D eigenvalue weighted by Gasteiger charge is -2.11. The summed E-state index contributed by atoms with van der Waals surface area (Å²) in [6.07, 6.45) is 1.45. The highest BCUT2D eigenvalue weighted by Crippen LogP contribution is 2.23. The Hall–Kier alpha value is -1.68. The van der Waals surface area contributed by atoms with Gasteiger partial charge in [-0.25, -0.2) is 4.39 Å². The molecular formula is C14H14ClFN2O. The Morgan fingerprint density at radius 2 is 2.11 bits per heavy atom. The summed E-state index contributed by atoms with van der Waals surface area (Å²) in [6, 6.07) is 4.28. The predicted molar refractivity (Wildman–Crippen MR) is 72.2 cm³/mol.